The van der Waals surface area contributed by atoms with Gasteiger partial charge in [0.05, 0.1) is 0 Å². The summed E-state index contributed by atoms with van der Waals surface area (Å²) in [5.74, 6) is 0. The van der Waals surface area contributed by atoms with Crippen molar-refractivity contribution in [3.05, 3.63) is 133 Å². The minimum atomic E-state index is 1.26. The van der Waals surface area contributed by atoms with Gasteiger partial charge in [0.1, 0.15) is 0 Å². The smallest absolute Gasteiger partial charge is 0.0361 e. The normalized spacial score (nSPS) is 11.8. The van der Waals surface area contributed by atoms with Crippen molar-refractivity contribution >= 4 is 53.7 Å². The Morgan fingerprint density at radius 3 is 1.73 bits per heavy atom. The van der Waals surface area contributed by atoms with Crippen LogP contribution in [-0.4, -0.2) is 0 Å². The standard InChI is InChI=1S/C36H22S/c1-3-9-23(10-4-1)27-17-15-25-16-18-29-31(24-11-5-2-6-12-24)22-32(30-20-19-28(27)35(25)36(29)30)34-21-26-13-7-8-14-33(26)37-34/h1-22H. The van der Waals surface area contributed by atoms with Crippen LogP contribution in [-0.2, 0) is 0 Å². The molecule has 0 aliphatic carbocycles. The third-order valence-electron chi connectivity index (χ3n) is 7.64. The van der Waals surface area contributed by atoms with Gasteiger partial charge < -0.3 is 0 Å². The average Bonchev–Trinajstić information content (AvgIpc) is 3.40. The minimum Gasteiger partial charge on any atom is -0.135 e. The Morgan fingerprint density at radius 2 is 0.973 bits per heavy atom. The zero-order valence-corrected chi connectivity index (χ0v) is 20.9. The first-order chi connectivity index (χ1) is 18.3. The van der Waals surface area contributed by atoms with E-state index in [2.05, 4.69) is 133 Å². The predicted molar refractivity (Wildman–Crippen MR) is 162 cm³/mol. The first-order valence-electron chi connectivity index (χ1n) is 12.7. The summed E-state index contributed by atoms with van der Waals surface area (Å²) >= 11 is 1.88. The summed E-state index contributed by atoms with van der Waals surface area (Å²) in [4.78, 5) is 1.32. The van der Waals surface area contributed by atoms with E-state index in [0.717, 1.165) is 0 Å². The zero-order valence-electron chi connectivity index (χ0n) is 20.1. The Hall–Kier alpha value is -4.46. The summed E-state index contributed by atoms with van der Waals surface area (Å²) in [5, 5.41) is 9.27. The molecule has 0 aliphatic heterocycles. The van der Waals surface area contributed by atoms with Crippen LogP contribution in [0.5, 0.6) is 0 Å². The third-order valence-corrected chi connectivity index (χ3v) is 8.79. The molecule has 8 rings (SSSR count). The maximum Gasteiger partial charge on any atom is 0.0361 e. The molecular formula is C36H22S. The first-order valence-corrected chi connectivity index (χ1v) is 13.5. The molecule has 37 heavy (non-hydrogen) atoms. The Labute approximate surface area is 219 Å². The largest absolute Gasteiger partial charge is 0.135 e. The number of rotatable bonds is 3. The number of benzene rings is 7. The van der Waals surface area contributed by atoms with Crippen molar-refractivity contribution in [2.75, 3.05) is 0 Å². The summed E-state index contributed by atoms with van der Waals surface area (Å²) in [6.07, 6.45) is 0. The number of thiophene rings is 1. The molecule has 0 atom stereocenters. The Bertz CT molecular complexity index is 2030. The molecule has 172 valence electrons. The van der Waals surface area contributed by atoms with E-state index in [1.165, 1.54) is 75.1 Å². The molecule has 0 saturated heterocycles. The van der Waals surface area contributed by atoms with Crippen LogP contribution in [0.25, 0.3) is 75.1 Å². The van der Waals surface area contributed by atoms with Crippen LogP contribution in [0.3, 0.4) is 0 Å². The molecule has 0 unspecified atom stereocenters. The molecule has 7 aromatic carbocycles. The van der Waals surface area contributed by atoms with Gasteiger partial charge in [-0.05, 0) is 78.2 Å². The van der Waals surface area contributed by atoms with Crippen LogP contribution in [0.15, 0.2) is 133 Å². The van der Waals surface area contributed by atoms with Crippen molar-refractivity contribution in [1.29, 1.82) is 0 Å². The molecule has 0 N–H and O–H groups in total. The van der Waals surface area contributed by atoms with Crippen molar-refractivity contribution in [2.24, 2.45) is 0 Å². The van der Waals surface area contributed by atoms with Gasteiger partial charge in [-0.1, -0.05) is 115 Å². The van der Waals surface area contributed by atoms with Gasteiger partial charge in [0.2, 0.25) is 0 Å². The van der Waals surface area contributed by atoms with Crippen molar-refractivity contribution < 1.29 is 0 Å². The summed E-state index contributed by atoms with van der Waals surface area (Å²) in [7, 11) is 0. The molecule has 0 nitrogen and oxygen atoms in total. The van der Waals surface area contributed by atoms with Gasteiger partial charge in [0.15, 0.2) is 0 Å². The van der Waals surface area contributed by atoms with Gasteiger partial charge in [0, 0.05) is 15.1 Å². The fourth-order valence-electron chi connectivity index (χ4n) is 5.94. The SMILES string of the molecule is c1ccc(-c2ccc3ccc4c(-c5ccccc5)cc(-c5cc6ccccc6s5)c5ccc2c3c45)cc1. The highest BCUT2D eigenvalue weighted by Crippen LogP contribution is 2.47. The van der Waals surface area contributed by atoms with Gasteiger partial charge in [-0.15, -0.1) is 11.3 Å². The summed E-state index contributed by atoms with van der Waals surface area (Å²) < 4.78 is 1.33. The van der Waals surface area contributed by atoms with Gasteiger partial charge >= 0.3 is 0 Å². The lowest BCUT2D eigenvalue weighted by molar-refractivity contribution is 1.65. The number of hydrogen-bond acceptors (Lipinski definition) is 1. The maximum atomic E-state index is 2.42. The Balaban J connectivity index is 1.54. The Kier molecular flexibility index (Phi) is 4.49. The fraction of sp³-hybridized carbons (Fsp3) is 0. The number of hydrogen-bond donors (Lipinski definition) is 0. The molecule has 1 heterocycles. The highest BCUT2D eigenvalue weighted by molar-refractivity contribution is 7.22. The number of fused-ring (bicyclic) bond motifs is 1. The summed E-state index contributed by atoms with van der Waals surface area (Å²) in [6.45, 7) is 0. The lowest BCUT2D eigenvalue weighted by Crippen LogP contribution is -1.91. The topological polar surface area (TPSA) is 0 Å². The molecule has 0 spiro atoms. The first kappa shape index (κ1) is 20.7. The van der Waals surface area contributed by atoms with Crippen molar-refractivity contribution in [3.63, 3.8) is 0 Å². The van der Waals surface area contributed by atoms with Crippen LogP contribution in [0.4, 0.5) is 0 Å². The van der Waals surface area contributed by atoms with E-state index in [0.29, 0.717) is 0 Å². The molecule has 8 aromatic rings. The second-order valence-corrected chi connectivity index (χ2v) is 10.8. The Morgan fingerprint density at radius 1 is 0.378 bits per heavy atom. The van der Waals surface area contributed by atoms with Gasteiger partial charge in [-0.25, -0.2) is 0 Å². The molecule has 0 saturated carbocycles. The molecule has 1 aromatic heterocycles. The van der Waals surface area contributed by atoms with Crippen LogP contribution >= 0.6 is 11.3 Å². The van der Waals surface area contributed by atoms with Gasteiger partial charge in [0.25, 0.3) is 0 Å². The lowest BCUT2D eigenvalue weighted by atomic mass is 9.85. The van der Waals surface area contributed by atoms with E-state index < -0.39 is 0 Å². The molecule has 0 aliphatic rings. The lowest BCUT2D eigenvalue weighted by Gasteiger charge is -2.19. The highest BCUT2D eigenvalue weighted by Gasteiger charge is 2.19. The fourth-order valence-corrected chi connectivity index (χ4v) is 7.03. The summed E-state index contributed by atoms with van der Waals surface area (Å²) in [5.41, 5.74) is 6.41. The minimum absolute atomic E-state index is 1.26. The molecule has 0 amide bonds. The monoisotopic (exact) mass is 486 g/mol. The molecule has 0 bridgehead atoms. The maximum absolute atomic E-state index is 2.42. The van der Waals surface area contributed by atoms with Crippen LogP contribution in [0.1, 0.15) is 0 Å². The molecule has 1 heteroatoms. The second-order valence-electron chi connectivity index (χ2n) is 9.71. The quantitative estimate of drug-likeness (QED) is 0.218. The zero-order chi connectivity index (χ0) is 24.3. The van der Waals surface area contributed by atoms with Crippen LogP contribution in [0, 0.1) is 0 Å². The van der Waals surface area contributed by atoms with E-state index in [-0.39, 0.29) is 0 Å². The molecule has 0 fully saturated rings. The second kappa shape index (κ2) is 8.03. The average molecular weight is 487 g/mol. The van der Waals surface area contributed by atoms with E-state index in [1.807, 2.05) is 11.3 Å². The molecular weight excluding hydrogens is 464 g/mol. The van der Waals surface area contributed by atoms with Crippen molar-refractivity contribution in [1.82, 2.24) is 0 Å². The van der Waals surface area contributed by atoms with E-state index in [1.54, 1.807) is 0 Å². The third kappa shape index (κ3) is 3.15. The van der Waals surface area contributed by atoms with E-state index >= 15 is 0 Å². The predicted octanol–water partition coefficient (Wildman–Crippen LogP) is 10.8. The van der Waals surface area contributed by atoms with Crippen molar-refractivity contribution in [2.45, 2.75) is 0 Å². The van der Waals surface area contributed by atoms with Crippen LogP contribution < -0.4 is 0 Å². The van der Waals surface area contributed by atoms with E-state index in [4.69, 9.17) is 0 Å². The molecule has 0 radical (unpaired) electrons. The van der Waals surface area contributed by atoms with Gasteiger partial charge in [-0.3, -0.25) is 0 Å². The van der Waals surface area contributed by atoms with Gasteiger partial charge in [-0.2, -0.15) is 0 Å². The highest BCUT2D eigenvalue weighted by atomic mass is 32.1. The van der Waals surface area contributed by atoms with Crippen LogP contribution in [0.2, 0.25) is 0 Å². The van der Waals surface area contributed by atoms with Crippen molar-refractivity contribution in [3.8, 4) is 32.7 Å². The summed E-state index contributed by atoms with van der Waals surface area (Å²) in [6, 6.07) is 49.0. The van der Waals surface area contributed by atoms with E-state index in [9.17, 15) is 0 Å².